The molecule has 0 aliphatic rings. The van der Waals surface area contributed by atoms with Gasteiger partial charge in [-0.15, -0.1) is 0 Å². The topological polar surface area (TPSA) is 16.4 Å². The number of hydrogen-bond acceptors (Lipinski definition) is 2. The van der Waals surface area contributed by atoms with Crippen LogP contribution in [0.15, 0.2) is 217 Å². The molecule has 0 bridgehead atoms. The van der Waals surface area contributed by atoms with Crippen LogP contribution < -0.4 is 4.90 Å². The minimum absolute atomic E-state index is 0.866. The van der Waals surface area contributed by atoms with Crippen molar-refractivity contribution < 1.29 is 4.42 Å². The predicted octanol–water partition coefficient (Wildman–Crippen LogP) is 14.2. The van der Waals surface area contributed by atoms with Crippen molar-refractivity contribution in [2.24, 2.45) is 0 Å². The van der Waals surface area contributed by atoms with E-state index in [1.807, 2.05) is 18.2 Å². The van der Waals surface area contributed by atoms with E-state index < -0.39 is 0 Å². The highest BCUT2D eigenvalue weighted by atomic mass is 16.3. The Morgan fingerprint density at radius 1 is 0.308 bits per heavy atom. The summed E-state index contributed by atoms with van der Waals surface area (Å²) in [6, 6.07) is 75.3. The van der Waals surface area contributed by atoms with Gasteiger partial charge in [0.2, 0.25) is 0 Å². The van der Waals surface area contributed by atoms with Crippen LogP contribution in [0.5, 0.6) is 0 Å². The molecule has 0 aliphatic carbocycles. The van der Waals surface area contributed by atoms with E-state index in [-0.39, 0.29) is 0 Å². The van der Waals surface area contributed by atoms with Crippen LogP contribution in [0.3, 0.4) is 0 Å². The van der Waals surface area contributed by atoms with Crippen molar-refractivity contribution in [2.45, 2.75) is 0 Å². The Labute approximate surface area is 304 Å². The maximum absolute atomic E-state index is 6.34. The van der Waals surface area contributed by atoms with E-state index >= 15 is 0 Å². The fourth-order valence-electron chi connectivity index (χ4n) is 7.15. The van der Waals surface area contributed by atoms with Crippen LogP contribution in [-0.2, 0) is 0 Å². The van der Waals surface area contributed by atoms with Gasteiger partial charge in [-0.3, -0.25) is 0 Å². The van der Waals surface area contributed by atoms with Gasteiger partial charge in [0.1, 0.15) is 11.3 Å². The van der Waals surface area contributed by atoms with Crippen LogP contribution in [0.2, 0.25) is 0 Å². The lowest BCUT2D eigenvalue weighted by Gasteiger charge is -2.29. The molecule has 0 saturated carbocycles. The molecule has 246 valence electrons. The van der Waals surface area contributed by atoms with Gasteiger partial charge in [-0.2, -0.15) is 0 Å². The Morgan fingerprint density at radius 3 is 1.44 bits per heavy atom. The van der Waals surface area contributed by atoms with Crippen LogP contribution in [0, 0.1) is 0 Å². The summed E-state index contributed by atoms with van der Waals surface area (Å²) in [7, 11) is 0. The summed E-state index contributed by atoms with van der Waals surface area (Å²) in [5, 5.41) is 1.10. The zero-order valence-electron chi connectivity index (χ0n) is 28.6. The second kappa shape index (κ2) is 13.8. The quantitative estimate of drug-likeness (QED) is 0.161. The van der Waals surface area contributed by atoms with E-state index in [1.165, 1.54) is 16.7 Å². The number of fused-ring (bicyclic) bond motifs is 1. The van der Waals surface area contributed by atoms with Crippen LogP contribution >= 0.6 is 0 Å². The molecule has 0 aliphatic heterocycles. The van der Waals surface area contributed by atoms with Gasteiger partial charge >= 0.3 is 0 Å². The van der Waals surface area contributed by atoms with Gasteiger partial charge in [-0.05, 0) is 87.5 Å². The van der Waals surface area contributed by atoms with Crippen molar-refractivity contribution in [1.82, 2.24) is 0 Å². The molecule has 0 fully saturated rings. The Bertz CT molecular complexity index is 2510. The van der Waals surface area contributed by atoms with Gasteiger partial charge < -0.3 is 9.32 Å². The predicted molar refractivity (Wildman–Crippen MR) is 218 cm³/mol. The number of hydrogen-bond donors (Lipinski definition) is 0. The molecule has 1 heterocycles. The zero-order chi connectivity index (χ0) is 34.7. The molecule has 52 heavy (non-hydrogen) atoms. The fraction of sp³-hybridized carbons (Fsp3) is 0. The molecule has 1 aromatic heterocycles. The van der Waals surface area contributed by atoms with Crippen LogP contribution in [0.1, 0.15) is 0 Å². The van der Waals surface area contributed by atoms with Crippen LogP contribution in [-0.4, -0.2) is 0 Å². The van der Waals surface area contributed by atoms with Gasteiger partial charge in [0.05, 0.1) is 5.69 Å². The molecule has 9 aromatic rings. The Hall–Kier alpha value is -6.90. The molecular formula is C50H35NO. The first-order valence-corrected chi connectivity index (χ1v) is 17.7. The smallest absolute Gasteiger partial charge is 0.136 e. The first kappa shape index (κ1) is 31.1. The molecule has 0 N–H and O–H groups in total. The number of nitrogens with zero attached hydrogens (tertiary/aromatic N) is 1. The fourth-order valence-corrected chi connectivity index (χ4v) is 7.15. The van der Waals surface area contributed by atoms with E-state index in [0.29, 0.717) is 0 Å². The average Bonchev–Trinajstić information content (AvgIpc) is 3.67. The second-order valence-electron chi connectivity index (χ2n) is 13.0. The Kier molecular flexibility index (Phi) is 8.24. The van der Waals surface area contributed by atoms with Gasteiger partial charge in [-0.1, -0.05) is 164 Å². The van der Waals surface area contributed by atoms with E-state index in [2.05, 4.69) is 199 Å². The van der Waals surface area contributed by atoms with E-state index in [0.717, 1.165) is 67.2 Å². The first-order chi connectivity index (χ1) is 25.8. The normalized spacial score (nSPS) is 11.1. The van der Waals surface area contributed by atoms with Crippen molar-refractivity contribution in [3.8, 4) is 55.8 Å². The minimum atomic E-state index is 0.866. The number of rotatable bonds is 8. The molecular weight excluding hydrogens is 631 g/mol. The summed E-state index contributed by atoms with van der Waals surface area (Å²) in [5.41, 5.74) is 14.5. The lowest BCUT2D eigenvalue weighted by Crippen LogP contribution is -2.11. The van der Waals surface area contributed by atoms with Crippen molar-refractivity contribution in [1.29, 1.82) is 0 Å². The van der Waals surface area contributed by atoms with Crippen molar-refractivity contribution in [2.75, 3.05) is 4.90 Å². The highest BCUT2D eigenvalue weighted by Gasteiger charge is 2.20. The maximum atomic E-state index is 6.34. The van der Waals surface area contributed by atoms with Gasteiger partial charge in [-0.25, -0.2) is 0 Å². The van der Waals surface area contributed by atoms with E-state index in [1.54, 1.807) is 0 Å². The summed E-state index contributed by atoms with van der Waals surface area (Å²) in [5.74, 6) is 0.866. The lowest BCUT2D eigenvalue weighted by atomic mass is 9.95. The van der Waals surface area contributed by atoms with Gasteiger partial charge in [0.25, 0.3) is 0 Å². The lowest BCUT2D eigenvalue weighted by molar-refractivity contribution is 0.632. The van der Waals surface area contributed by atoms with Gasteiger partial charge in [0, 0.05) is 27.9 Å². The maximum Gasteiger partial charge on any atom is 0.136 e. The molecule has 2 heteroatoms. The molecule has 8 aromatic carbocycles. The third-order valence-corrected chi connectivity index (χ3v) is 9.67. The van der Waals surface area contributed by atoms with Crippen molar-refractivity contribution >= 4 is 28.0 Å². The number of benzene rings is 8. The highest BCUT2D eigenvalue weighted by Crippen LogP contribution is 2.44. The number of anilines is 3. The summed E-state index contributed by atoms with van der Waals surface area (Å²) in [6.07, 6.45) is 0. The minimum Gasteiger partial charge on any atom is -0.456 e. The molecule has 9 rings (SSSR count). The Morgan fingerprint density at radius 2 is 0.808 bits per heavy atom. The Balaban J connectivity index is 1.22. The van der Waals surface area contributed by atoms with Gasteiger partial charge in [0.15, 0.2) is 0 Å². The monoisotopic (exact) mass is 665 g/mol. The number of furan rings is 1. The van der Waals surface area contributed by atoms with Crippen LogP contribution in [0.4, 0.5) is 17.1 Å². The zero-order valence-corrected chi connectivity index (χ0v) is 28.6. The number of para-hydroxylation sites is 2. The standard InChI is InChI=1S/C50H35NO/c1-4-16-36(17-5-1)41-32-42(37-18-6-2-7-19-37)34-44(33-41)51(48-26-14-13-24-46(48)38-20-8-3-9-21-38)43-30-28-39(29-31-43)45-23-11-12-25-47(45)50-35-40-22-10-15-27-49(40)52-50/h1-35H. The molecule has 0 spiro atoms. The summed E-state index contributed by atoms with van der Waals surface area (Å²) >= 11 is 0. The van der Waals surface area contributed by atoms with Crippen LogP contribution in [0.25, 0.3) is 66.8 Å². The van der Waals surface area contributed by atoms with Crippen molar-refractivity contribution in [3.05, 3.63) is 212 Å². The molecule has 0 amide bonds. The average molecular weight is 666 g/mol. The summed E-state index contributed by atoms with van der Waals surface area (Å²) < 4.78 is 6.34. The highest BCUT2D eigenvalue weighted by molar-refractivity contribution is 5.92. The first-order valence-electron chi connectivity index (χ1n) is 17.7. The SMILES string of the molecule is c1ccc(-c2cc(-c3ccccc3)cc(N(c3ccc(-c4ccccc4-c4cc5ccccc5o4)cc3)c3ccccc3-c3ccccc3)c2)cc1. The summed E-state index contributed by atoms with van der Waals surface area (Å²) in [4.78, 5) is 2.40. The third-order valence-electron chi connectivity index (χ3n) is 9.67. The van der Waals surface area contributed by atoms with E-state index in [4.69, 9.17) is 4.42 Å². The largest absolute Gasteiger partial charge is 0.456 e. The summed E-state index contributed by atoms with van der Waals surface area (Å²) in [6.45, 7) is 0. The molecule has 0 unspecified atom stereocenters. The third kappa shape index (κ3) is 6.08. The van der Waals surface area contributed by atoms with Crippen molar-refractivity contribution in [3.63, 3.8) is 0 Å². The molecule has 0 radical (unpaired) electrons. The van der Waals surface area contributed by atoms with E-state index in [9.17, 15) is 0 Å². The second-order valence-corrected chi connectivity index (χ2v) is 13.0. The molecule has 0 atom stereocenters. The molecule has 2 nitrogen and oxygen atoms in total. The molecule has 0 saturated heterocycles.